The van der Waals surface area contributed by atoms with Crippen molar-refractivity contribution in [3.05, 3.63) is 24.4 Å². The van der Waals surface area contributed by atoms with E-state index in [1.807, 2.05) is 18.2 Å². The second-order valence-corrected chi connectivity index (χ2v) is 7.95. The standard InChI is InChI=1S/C23H31N7O2/c1-4-5-6-7-16-13-25-10-11-30(16)22-20-21(28-23(24)29-22)26-14-17(27-20)15-8-9-18(31-2)19(12-15)32-3/h8-9,12,14,16,25H,4-7,10-11,13H2,1-3H3,(H2,24,26,28,29). The summed E-state index contributed by atoms with van der Waals surface area (Å²) in [5, 5.41) is 3.51. The van der Waals surface area contributed by atoms with Crippen LogP contribution in [-0.2, 0) is 0 Å². The molecule has 170 valence electrons. The molecule has 1 unspecified atom stereocenters. The van der Waals surface area contributed by atoms with Gasteiger partial charge in [-0.2, -0.15) is 9.97 Å². The van der Waals surface area contributed by atoms with Crippen LogP contribution < -0.4 is 25.4 Å². The molecule has 1 aromatic carbocycles. The van der Waals surface area contributed by atoms with Gasteiger partial charge in [0, 0.05) is 31.2 Å². The Morgan fingerprint density at radius 1 is 1.12 bits per heavy atom. The fourth-order valence-electron chi connectivity index (χ4n) is 4.17. The third-order valence-electron chi connectivity index (χ3n) is 5.85. The summed E-state index contributed by atoms with van der Waals surface area (Å²) in [5.74, 6) is 2.27. The maximum atomic E-state index is 6.05. The molecule has 0 saturated carbocycles. The fraction of sp³-hybridized carbons (Fsp3) is 0.478. The summed E-state index contributed by atoms with van der Waals surface area (Å²) in [6, 6.07) is 6.03. The first kappa shape index (κ1) is 22.0. The van der Waals surface area contributed by atoms with Crippen LogP contribution in [-0.4, -0.2) is 59.8 Å². The van der Waals surface area contributed by atoms with Crippen LogP contribution in [0.2, 0.25) is 0 Å². The first-order valence-corrected chi connectivity index (χ1v) is 11.1. The van der Waals surface area contributed by atoms with Crippen molar-refractivity contribution >= 4 is 22.9 Å². The summed E-state index contributed by atoms with van der Waals surface area (Å²) in [6.45, 7) is 4.86. The number of ether oxygens (including phenoxy) is 2. The average molecular weight is 438 g/mol. The maximum Gasteiger partial charge on any atom is 0.224 e. The van der Waals surface area contributed by atoms with Crippen molar-refractivity contribution in [2.75, 3.05) is 44.5 Å². The normalized spacial score (nSPS) is 16.3. The van der Waals surface area contributed by atoms with Gasteiger partial charge in [0.25, 0.3) is 0 Å². The molecule has 0 amide bonds. The van der Waals surface area contributed by atoms with Crippen LogP contribution in [0.3, 0.4) is 0 Å². The molecule has 32 heavy (non-hydrogen) atoms. The van der Waals surface area contributed by atoms with Crippen LogP contribution in [0.4, 0.5) is 11.8 Å². The molecule has 9 nitrogen and oxygen atoms in total. The number of unbranched alkanes of at least 4 members (excludes halogenated alkanes) is 2. The van der Waals surface area contributed by atoms with Crippen LogP contribution >= 0.6 is 0 Å². The number of nitrogens with two attached hydrogens (primary N) is 1. The van der Waals surface area contributed by atoms with E-state index in [4.69, 9.17) is 20.2 Å². The van der Waals surface area contributed by atoms with Gasteiger partial charge in [-0.1, -0.05) is 26.2 Å². The molecule has 0 aliphatic carbocycles. The molecule has 0 radical (unpaired) electrons. The fourth-order valence-corrected chi connectivity index (χ4v) is 4.17. The van der Waals surface area contributed by atoms with Crippen molar-refractivity contribution in [1.82, 2.24) is 25.3 Å². The summed E-state index contributed by atoms with van der Waals surface area (Å²) in [6.07, 6.45) is 6.40. The molecule has 9 heteroatoms. The highest BCUT2D eigenvalue weighted by Gasteiger charge is 2.26. The zero-order chi connectivity index (χ0) is 22.5. The van der Waals surface area contributed by atoms with Gasteiger partial charge in [-0.3, -0.25) is 0 Å². The Kier molecular flexibility index (Phi) is 6.84. The first-order chi connectivity index (χ1) is 15.6. The van der Waals surface area contributed by atoms with Crippen LogP contribution in [0.25, 0.3) is 22.4 Å². The van der Waals surface area contributed by atoms with Gasteiger partial charge >= 0.3 is 0 Å². The van der Waals surface area contributed by atoms with E-state index in [9.17, 15) is 0 Å². The lowest BCUT2D eigenvalue weighted by atomic mass is 10.0. The van der Waals surface area contributed by atoms with Gasteiger partial charge < -0.3 is 25.4 Å². The van der Waals surface area contributed by atoms with Gasteiger partial charge in [0.15, 0.2) is 28.5 Å². The summed E-state index contributed by atoms with van der Waals surface area (Å²) < 4.78 is 10.8. The zero-order valence-corrected chi connectivity index (χ0v) is 19.0. The highest BCUT2D eigenvalue weighted by molar-refractivity contribution is 5.86. The first-order valence-electron chi connectivity index (χ1n) is 11.1. The Labute approximate surface area is 188 Å². The number of rotatable bonds is 8. The lowest BCUT2D eigenvalue weighted by Gasteiger charge is -2.37. The van der Waals surface area contributed by atoms with Crippen molar-refractivity contribution < 1.29 is 9.47 Å². The highest BCUT2D eigenvalue weighted by atomic mass is 16.5. The molecular weight excluding hydrogens is 406 g/mol. The predicted molar refractivity (Wildman–Crippen MR) is 126 cm³/mol. The summed E-state index contributed by atoms with van der Waals surface area (Å²) in [4.78, 5) is 20.8. The largest absolute Gasteiger partial charge is 0.493 e. The lowest BCUT2D eigenvalue weighted by molar-refractivity contribution is 0.355. The Balaban J connectivity index is 1.76. The second-order valence-electron chi connectivity index (χ2n) is 7.95. The van der Waals surface area contributed by atoms with E-state index in [0.717, 1.165) is 37.4 Å². The number of nitrogen functional groups attached to an aromatic ring is 1. The third kappa shape index (κ3) is 4.52. The molecule has 4 rings (SSSR count). The van der Waals surface area contributed by atoms with E-state index >= 15 is 0 Å². The van der Waals surface area contributed by atoms with Gasteiger partial charge in [-0.25, -0.2) is 9.97 Å². The molecular formula is C23H31N7O2. The molecule has 1 atom stereocenters. The number of anilines is 2. The molecule has 2 aromatic heterocycles. The van der Waals surface area contributed by atoms with E-state index in [1.165, 1.54) is 19.3 Å². The number of nitrogens with one attached hydrogen (secondary N) is 1. The average Bonchev–Trinajstić information content (AvgIpc) is 2.83. The number of fused-ring (bicyclic) bond motifs is 1. The molecule has 1 saturated heterocycles. The van der Waals surface area contributed by atoms with Gasteiger partial charge in [0.1, 0.15) is 0 Å². The molecule has 3 heterocycles. The molecule has 3 N–H and O–H groups in total. The predicted octanol–water partition coefficient (Wildman–Crippen LogP) is 3.04. The monoisotopic (exact) mass is 437 g/mol. The number of methoxy groups -OCH3 is 2. The van der Waals surface area contributed by atoms with E-state index < -0.39 is 0 Å². The number of hydrogen-bond donors (Lipinski definition) is 2. The number of nitrogens with zero attached hydrogens (tertiary/aromatic N) is 5. The number of aromatic nitrogens is 4. The quantitative estimate of drug-likeness (QED) is 0.514. The van der Waals surface area contributed by atoms with Crippen molar-refractivity contribution in [1.29, 1.82) is 0 Å². The Morgan fingerprint density at radius 2 is 1.97 bits per heavy atom. The van der Waals surface area contributed by atoms with E-state index in [2.05, 4.69) is 32.1 Å². The summed E-state index contributed by atoms with van der Waals surface area (Å²) in [7, 11) is 3.23. The molecule has 1 fully saturated rings. The molecule has 1 aliphatic heterocycles. The summed E-state index contributed by atoms with van der Waals surface area (Å²) in [5.41, 5.74) is 8.81. The minimum atomic E-state index is 0.214. The molecule has 0 spiro atoms. The van der Waals surface area contributed by atoms with E-state index in [-0.39, 0.29) is 5.95 Å². The highest BCUT2D eigenvalue weighted by Crippen LogP contribution is 2.33. The van der Waals surface area contributed by atoms with E-state index in [0.29, 0.717) is 34.4 Å². The SMILES string of the molecule is CCCCCC1CNCCN1c1nc(N)nc2ncc(-c3ccc(OC)c(OC)c3)nc12. The smallest absolute Gasteiger partial charge is 0.224 e. The molecule has 3 aromatic rings. The summed E-state index contributed by atoms with van der Waals surface area (Å²) >= 11 is 0. The molecule has 1 aliphatic rings. The van der Waals surface area contributed by atoms with Crippen molar-refractivity contribution in [2.45, 2.75) is 38.6 Å². The van der Waals surface area contributed by atoms with Crippen LogP contribution in [0.15, 0.2) is 24.4 Å². The number of piperazine rings is 1. The third-order valence-corrected chi connectivity index (χ3v) is 5.85. The van der Waals surface area contributed by atoms with E-state index in [1.54, 1.807) is 20.4 Å². The Morgan fingerprint density at radius 3 is 2.75 bits per heavy atom. The molecule has 0 bridgehead atoms. The van der Waals surface area contributed by atoms with Gasteiger partial charge in [-0.05, 0) is 24.6 Å². The number of hydrogen-bond acceptors (Lipinski definition) is 9. The lowest BCUT2D eigenvalue weighted by Crippen LogP contribution is -2.51. The Bertz CT molecular complexity index is 1080. The zero-order valence-electron chi connectivity index (χ0n) is 19.0. The maximum absolute atomic E-state index is 6.05. The van der Waals surface area contributed by atoms with Crippen LogP contribution in [0, 0.1) is 0 Å². The van der Waals surface area contributed by atoms with Crippen molar-refractivity contribution in [2.24, 2.45) is 0 Å². The second kappa shape index (κ2) is 9.95. The van der Waals surface area contributed by atoms with Crippen molar-refractivity contribution in [3.8, 4) is 22.8 Å². The Hall–Kier alpha value is -3.20. The minimum Gasteiger partial charge on any atom is -0.493 e. The van der Waals surface area contributed by atoms with Gasteiger partial charge in [-0.15, -0.1) is 0 Å². The topological polar surface area (TPSA) is 111 Å². The minimum absolute atomic E-state index is 0.214. The van der Waals surface area contributed by atoms with Crippen LogP contribution in [0.5, 0.6) is 11.5 Å². The van der Waals surface area contributed by atoms with Gasteiger partial charge in [0.05, 0.1) is 26.1 Å². The van der Waals surface area contributed by atoms with Crippen LogP contribution in [0.1, 0.15) is 32.6 Å². The number of benzene rings is 1. The van der Waals surface area contributed by atoms with Crippen molar-refractivity contribution in [3.63, 3.8) is 0 Å². The van der Waals surface area contributed by atoms with Gasteiger partial charge in [0.2, 0.25) is 5.95 Å².